The maximum absolute atomic E-state index is 6.39. The van der Waals surface area contributed by atoms with Crippen molar-refractivity contribution in [3.63, 3.8) is 0 Å². The van der Waals surface area contributed by atoms with E-state index in [4.69, 9.17) is 5.73 Å². The number of hydrogen-bond donors (Lipinski definition) is 1. The molecule has 1 aliphatic heterocycles. The normalized spacial score (nSPS) is 27.9. The van der Waals surface area contributed by atoms with Gasteiger partial charge in [0.15, 0.2) is 0 Å². The molecule has 1 aromatic rings. The summed E-state index contributed by atoms with van der Waals surface area (Å²) in [6, 6.07) is 9.95. The molecule has 2 nitrogen and oxygen atoms in total. The van der Waals surface area contributed by atoms with Crippen molar-refractivity contribution in [1.29, 1.82) is 0 Å². The lowest BCUT2D eigenvalue weighted by Gasteiger charge is -2.29. The van der Waals surface area contributed by atoms with Gasteiger partial charge in [-0.2, -0.15) is 0 Å². The standard InChI is InChI=1S/C17H26N2/c1-2-3-13-4-7-15(8-5-13)17(18)12-19-11-14-6-9-16(19)10-14/h4-5,7-8,14,16-17H,2-3,6,9-12,18H2,1H3. The summed E-state index contributed by atoms with van der Waals surface area (Å²) in [6.07, 6.45) is 6.64. The Morgan fingerprint density at radius 3 is 2.63 bits per heavy atom. The van der Waals surface area contributed by atoms with E-state index in [1.165, 1.54) is 49.8 Å². The molecule has 3 rings (SSSR count). The first-order chi connectivity index (χ1) is 9.26. The maximum atomic E-state index is 6.39. The third-order valence-corrected chi connectivity index (χ3v) is 4.90. The van der Waals surface area contributed by atoms with Gasteiger partial charge in [0.2, 0.25) is 0 Å². The van der Waals surface area contributed by atoms with Gasteiger partial charge in [-0.15, -0.1) is 0 Å². The van der Waals surface area contributed by atoms with Gasteiger partial charge in [-0.3, -0.25) is 4.90 Å². The Bertz CT molecular complexity index is 412. The first-order valence-electron chi connectivity index (χ1n) is 7.84. The van der Waals surface area contributed by atoms with E-state index in [1.54, 1.807) is 0 Å². The molecule has 19 heavy (non-hydrogen) atoms. The van der Waals surface area contributed by atoms with Gasteiger partial charge in [0.25, 0.3) is 0 Å². The van der Waals surface area contributed by atoms with Crippen LogP contribution in [0.3, 0.4) is 0 Å². The van der Waals surface area contributed by atoms with Crippen molar-refractivity contribution < 1.29 is 0 Å². The third-order valence-electron chi connectivity index (χ3n) is 4.90. The van der Waals surface area contributed by atoms with Crippen LogP contribution >= 0.6 is 0 Å². The molecule has 1 heterocycles. The van der Waals surface area contributed by atoms with Crippen molar-refractivity contribution in [3.8, 4) is 0 Å². The molecule has 104 valence electrons. The van der Waals surface area contributed by atoms with Crippen molar-refractivity contribution in [3.05, 3.63) is 35.4 Å². The molecule has 2 heteroatoms. The predicted octanol–water partition coefficient (Wildman–Crippen LogP) is 3.12. The van der Waals surface area contributed by atoms with E-state index in [1.807, 2.05) is 0 Å². The van der Waals surface area contributed by atoms with E-state index in [0.29, 0.717) is 0 Å². The summed E-state index contributed by atoms with van der Waals surface area (Å²) < 4.78 is 0. The average Bonchev–Trinajstić information content (AvgIpc) is 3.02. The molecule has 0 spiro atoms. The number of likely N-dealkylation sites (tertiary alicyclic amines) is 1. The Morgan fingerprint density at radius 2 is 2.05 bits per heavy atom. The SMILES string of the molecule is CCCc1ccc(C(N)CN2CC3CCC2C3)cc1. The van der Waals surface area contributed by atoms with Crippen LogP contribution in [0, 0.1) is 5.92 Å². The highest BCUT2D eigenvalue weighted by Gasteiger charge is 2.37. The van der Waals surface area contributed by atoms with Crippen LogP contribution in [0.25, 0.3) is 0 Å². The molecular weight excluding hydrogens is 232 g/mol. The van der Waals surface area contributed by atoms with Crippen LogP contribution in [-0.2, 0) is 6.42 Å². The number of piperidine rings is 1. The predicted molar refractivity (Wildman–Crippen MR) is 80.1 cm³/mol. The van der Waals surface area contributed by atoms with Crippen LogP contribution in [0.5, 0.6) is 0 Å². The van der Waals surface area contributed by atoms with E-state index in [2.05, 4.69) is 36.1 Å². The Kier molecular flexibility index (Phi) is 3.90. The minimum Gasteiger partial charge on any atom is -0.323 e. The highest BCUT2D eigenvalue weighted by Crippen LogP contribution is 2.37. The Labute approximate surface area is 117 Å². The second-order valence-corrected chi connectivity index (χ2v) is 6.38. The Hall–Kier alpha value is -0.860. The monoisotopic (exact) mass is 258 g/mol. The fraction of sp³-hybridized carbons (Fsp3) is 0.647. The van der Waals surface area contributed by atoms with E-state index in [0.717, 1.165) is 18.5 Å². The fourth-order valence-electron chi connectivity index (χ4n) is 3.83. The molecule has 3 atom stereocenters. The van der Waals surface area contributed by atoms with Crippen molar-refractivity contribution in [2.75, 3.05) is 13.1 Å². The summed E-state index contributed by atoms with van der Waals surface area (Å²) in [6.45, 7) is 4.54. The first-order valence-corrected chi connectivity index (χ1v) is 7.84. The van der Waals surface area contributed by atoms with Crippen LogP contribution in [0.4, 0.5) is 0 Å². The van der Waals surface area contributed by atoms with Crippen LogP contribution in [0.1, 0.15) is 49.8 Å². The highest BCUT2D eigenvalue weighted by molar-refractivity contribution is 5.25. The number of fused-ring (bicyclic) bond motifs is 2. The number of benzene rings is 1. The van der Waals surface area contributed by atoms with E-state index in [9.17, 15) is 0 Å². The lowest BCUT2D eigenvalue weighted by Crippen LogP contribution is -2.37. The van der Waals surface area contributed by atoms with Gasteiger partial charge in [0.1, 0.15) is 0 Å². The molecule has 2 aliphatic rings. The van der Waals surface area contributed by atoms with Crippen molar-refractivity contribution in [2.24, 2.45) is 11.7 Å². The second-order valence-electron chi connectivity index (χ2n) is 6.38. The van der Waals surface area contributed by atoms with Crippen molar-refractivity contribution in [2.45, 2.75) is 51.1 Å². The molecule has 1 saturated carbocycles. The minimum atomic E-state index is 0.176. The molecule has 1 saturated heterocycles. The van der Waals surface area contributed by atoms with Gasteiger partial charge in [-0.25, -0.2) is 0 Å². The van der Waals surface area contributed by atoms with Crippen LogP contribution in [-0.4, -0.2) is 24.0 Å². The van der Waals surface area contributed by atoms with Crippen LogP contribution in [0.15, 0.2) is 24.3 Å². The van der Waals surface area contributed by atoms with Gasteiger partial charge >= 0.3 is 0 Å². The number of rotatable bonds is 5. The molecule has 1 aliphatic carbocycles. The number of nitrogens with two attached hydrogens (primary N) is 1. The first kappa shape index (κ1) is 13.1. The molecule has 2 bridgehead atoms. The lowest BCUT2D eigenvalue weighted by atomic mass is 10.0. The summed E-state index contributed by atoms with van der Waals surface area (Å²) in [4.78, 5) is 2.62. The Morgan fingerprint density at radius 1 is 1.26 bits per heavy atom. The number of hydrogen-bond acceptors (Lipinski definition) is 2. The lowest BCUT2D eigenvalue weighted by molar-refractivity contribution is 0.202. The van der Waals surface area contributed by atoms with E-state index < -0.39 is 0 Å². The molecule has 0 amide bonds. The van der Waals surface area contributed by atoms with Gasteiger partial charge in [-0.1, -0.05) is 37.6 Å². The van der Waals surface area contributed by atoms with Crippen molar-refractivity contribution in [1.82, 2.24) is 4.90 Å². The zero-order valence-electron chi connectivity index (χ0n) is 12.0. The topological polar surface area (TPSA) is 29.3 Å². The maximum Gasteiger partial charge on any atom is 0.0424 e. The van der Waals surface area contributed by atoms with E-state index >= 15 is 0 Å². The molecule has 3 unspecified atom stereocenters. The smallest absolute Gasteiger partial charge is 0.0424 e. The van der Waals surface area contributed by atoms with Gasteiger partial charge < -0.3 is 5.73 Å². The molecule has 2 fully saturated rings. The summed E-state index contributed by atoms with van der Waals surface area (Å²) >= 11 is 0. The summed E-state index contributed by atoms with van der Waals surface area (Å²) in [5.41, 5.74) is 9.11. The van der Waals surface area contributed by atoms with Gasteiger partial charge in [0.05, 0.1) is 0 Å². The molecule has 2 N–H and O–H groups in total. The number of nitrogens with zero attached hydrogens (tertiary/aromatic N) is 1. The quantitative estimate of drug-likeness (QED) is 0.879. The molecule has 0 radical (unpaired) electrons. The molecule has 0 aromatic heterocycles. The van der Waals surface area contributed by atoms with Crippen molar-refractivity contribution >= 4 is 0 Å². The number of aryl methyl sites for hydroxylation is 1. The largest absolute Gasteiger partial charge is 0.323 e. The zero-order chi connectivity index (χ0) is 13.2. The summed E-state index contributed by atoms with van der Waals surface area (Å²) in [7, 11) is 0. The third kappa shape index (κ3) is 2.85. The zero-order valence-corrected chi connectivity index (χ0v) is 12.0. The fourth-order valence-corrected chi connectivity index (χ4v) is 3.83. The molecular formula is C17H26N2. The van der Waals surface area contributed by atoms with Crippen LogP contribution < -0.4 is 5.73 Å². The summed E-state index contributed by atoms with van der Waals surface area (Å²) in [5.74, 6) is 0.962. The molecule has 1 aromatic carbocycles. The van der Waals surface area contributed by atoms with Gasteiger partial charge in [0, 0.05) is 25.2 Å². The Balaban J connectivity index is 1.59. The average molecular weight is 258 g/mol. The van der Waals surface area contributed by atoms with Crippen LogP contribution in [0.2, 0.25) is 0 Å². The minimum absolute atomic E-state index is 0.176. The van der Waals surface area contributed by atoms with Gasteiger partial charge in [-0.05, 0) is 42.7 Å². The van der Waals surface area contributed by atoms with E-state index in [-0.39, 0.29) is 6.04 Å². The second kappa shape index (κ2) is 5.64. The summed E-state index contributed by atoms with van der Waals surface area (Å²) in [5, 5.41) is 0. The highest BCUT2D eigenvalue weighted by atomic mass is 15.2.